The predicted octanol–water partition coefficient (Wildman–Crippen LogP) is 3.42. The normalized spacial score (nSPS) is 23.9. The smallest absolute Gasteiger partial charge is 0.119 e. The third-order valence-electron chi connectivity index (χ3n) is 4.12. The number of rotatable bonds is 3. The Morgan fingerprint density at radius 1 is 1.15 bits per heavy atom. The van der Waals surface area contributed by atoms with Gasteiger partial charge in [0.05, 0.1) is 25.4 Å². The maximum absolute atomic E-state index is 6.36. The molecular weight excluding hydrogens is 250 g/mol. The summed E-state index contributed by atoms with van der Waals surface area (Å²) in [4.78, 5) is 0. The molecule has 1 fully saturated rings. The molecule has 3 nitrogen and oxygen atoms in total. The summed E-state index contributed by atoms with van der Waals surface area (Å²) in [6.45, 7) is 2.11. The van der Waals surface area contributed by atoms with Crippen LogP contribution in [0.1, 0.15) is 31.4 Å². The molecule has 0 radical (unpaired) electrons. The Labute approximate surface area is 119 Å². The van der Waals surface area contributed by atoms with Gasteiger partial charge in [0.25, 0.3) is 0 Å². The van der Waals surface area contributed by atoms with E-state index in [1.165, 1.54) is 10.8 Å². The fraction of sp³-hybridized carbons (Fsp3) is 0.412. The van der Waals surface area contributed by atoms with E-state index in [4.69, 9.17) is 15.2 Å². The predicted molar refractivity (Wildman–Crippen MR) is 81.0 cm³/mol. The minimum Gasteiger partial charge on any atom is -0.497 e. The maximum Gasteiger partial charge on any atom is 0.119 e. The molecule has 20 heavy (non-hydrogen) atoms. The molecule has 0 amide bonds. The van der Waals surface area contributed by atoms with Gasteiger partial charge >= 0.3 is 0 Å². The molecule has 2 aromatic carbocycles. The van der Waals surface area contributed by atoms with Crippen LogP contribution in [0.4, 0.5) is 0 Å². The van der Waals surface area contributed by atoms with Gasteiger partial charge in [0.1, 0.15) is 5.75 Å². The lowest BCUT2D eigenvalue weighted by atomic mass is 9.97. The number of hydrogen-bond donors (Lipinski definition) is 1. The van der Waals surface area contributed by atoms with Crippen molar-refractivity contribution in [1.29, 1.82) is 0 Å². The van der Waals surface area contributed by atoms with Crippen molar-refractivity contribution in [3.63, 3.8) is 0 Å². The summed E-state index contributed by atoms with van der Waals surface area (Å²) in [5.41, 5.74) is 7.50. The van der Waals surface area contributed by atoms with Gasteiger partial charge in [0.15, 0.2) is 0 Å². The maximum atomic E-state index is 6.36. The number of hydrogen-bond acceptors (Lipinski definition) is 3. The van der Waals surface area contributed by atoms with Gasteiger partial charge in [-0.15, -0.1) is 0 Å². The van der Waals surface area contributed by atoms with Gasteiger partial charge in [-0.25, -0.2) is 0 Å². The van der Waals surface area contributed by atoms with Crippen LogP contribution in [0.3, 0.4) is 0 Å². The number of nitrogens with two attached hydrogens (primary N) is 1. The Bertz CT molecular complexity index is 611. The zero-order valence-electron chi connectivity index (χ0n) is 12.0. The van der Waals surface area contributed by atoms with Crippen molar-refractivity contribution >= 4 is 10.8 Å². The molecule has 2 aromatic rings. The van der Waals surface area contributed by atoms with Crippen LogP contribution in [0.2, 0.25) is 0 Å². The molecule has 3 heteroatoms. The Balaban J connectivity index is 1.88. The molecule has 3 rings (SSSR count). The molecule has 3 atom stereocenters. The van der Waals surface area contributed by atoms with Crippen LogP contribution >= 0.6 is 0 Å². The van der Waals surface area contributed by atoms with Crippen molar-refractivity contribution in [2.24, 2.45) is 5.73 Å². The van der Waals surface area contributed by atoms with E-state index in [-0.39, 0.29) is 12.1 Å². The van der Waals surface area contributed by atoms with E-state index >= 15 is 0 Å². The van der Waals surface area contributed by atoms with Crippen molar-refractivity contribution in [3.05, 3.63) is 42.0 Å². The van der Waals surface area contributed by atoms with E-state index in [1.807, 2.05) is 12.1 Å². The summed E-state index contributed by atoms with van der Waals surface area (Å²) < 4.78 is 11.1. The van der Waals surface area contributed by atoms with Crippen molar-refractivity contribution in [3.8, 4) is 5.75 Å². The Kier molecular flexibility index (Phi) is 3.64. The highest BCUT2D eigenvalue weighted by Gasteiger charge is 2.28. The fourth-order valence-corrected chi connectivity index (χ4v) is 2.89. The topological polar surface area (TPSA) is 44.5 Å². The molecule has 1 heterocycles. The molecule has 1 saturated heterocycles. The van der Waals surface area contributed by atoms with Gasteiger partial charge in [-0.1, -0.05) is 18.2 Å². The van der Waals surface area contributed by atoms with E-state index in [1.54, 1.807) is 7.11 Å². The van der Waals surface area contributed by atoms with Crippen LogP contribution < -0.4 is 10.5 Å². The molecule has 2 N–H and O–H groups in total. The molecule has 3 unspecified atom stereocenters. The minimum atomic E-state index is -0.0496. The summed E-state index contributed by atoms with van der Waals surface area (Å²) in [7, 11) is 1.68. The number of fused-ring (bicyclic) bond motifs is 1. The third kappa shape index (κ3) is 2.51. The van der Waals surface area contributed by atoms with E-state index in [0.29, 0.717) is 6.10 Å². The zero-order valence-corrected chi connectivity index (χ0v) is 12.0. The molecule has 106 valence electrons. The first kappa shape index (κ1) is 13.4. The summed E-state index contributed by atoms with van der Waals surface area (Å²) in [6.07, 6.45) is 2.61. The van der Waals surface area contributed by atoms with Gasteiger partial charge in [0, 0.05) is 0 Å². The Morgan fingerprint density at radius 3 is 2.60 bits per heavy atom. The summed E-state index contributed by atoms with van der Waals surface area (Å²) in [5, 5.41) is 2.35. The minimum absolute atomic E-state index is 0.0496. The van der Waals surface area contributed by atoms with Gasteiger partial charge in [0.2, 0.25) is 0 Å². The second kappa shape index (κ2) is 5.43. The first-order valence-electron chi connectivity index (χ1n) is 7.16. The van der Waals surface area contributed by atoms with Crippen molar-refractivity contribution in [1.82, 2.24) is 0 Å². The lowest BCUT2D eigenvalue weighted by Crippen LogP contribution is -2.26. The van der Waals surface area contributed by atoms with Crippen LogP contribution in [0.15, 0.2) is 36.4 Å². The average Bonchev–Trinajstić information content (AvgIpc) is 2.92. The number of ether oxygens (including phenoxy) is 2. The lowest BCUT2D eigenvalue weighted by Gasteiger charge is -2.20. The monoisotopic (exact) mass is 271 g/mol. The lowest BCUT2D eigenvalue weighted by molar-refractivity contribution is 0.0401. The zero-order chi connectivity index (χ0) is 14.1. The van der Waals surface area contributed by atoms with Crippen molar-refractivity contribution in [2.75, 3.05) is 7.11 Å². The van der Waals surface area contributed by atoms with Crippen LogP contribution in [0, 0.1) is 0 Å². The van der Waals surface area contributed by atoms with E-state index in [2.05, 4.69) is 31.2 Å². The van der Waals surface area contributed by atoms with Gasteiger partial charge in [-0.3, -0.25) is 0 Å². The largest absolute Gasteiger partial charge is 0.497 e. The van der Waals surface area contributed by atoms with E-state index < -0.39 is 0 Å². The molecule has 0 saturated carbocycles. The highest BCUT2D eigenvalue weighted by Crippen LogP contribution is 2.30. The van der Waals surface area contributed by atoms with Crippen LogP contribution in [0.5, 0.6) is 5.75 Å². The Morgan fingerprint density at radius 2 is 1.90 bits per heavy atom. The molecule has 0 spiro atoms. The molecular formula is C17H21NO2. The van der Waals surface area contributed by atoms with E-state index in [0.717, 1.165) is 24.2 Å². The van der Waals surface area contributed by atoms with E-state index in [9.17, 15) is 0 Å². The highest BCUT2D eigenvalue weighted by molar-refractivity contribution is 5.84. The summed E-state index contributed by atoms with van der Waals surface area (Å²) in [5.74, 6) is 0.877. The average molecular weight is 271 g/mol. The standard InChI is InChI=1S/C17H21NO2/c1-11-3-8-16(20-11)17(18)14-5-4-13-10-15(19-2)7-6-12(13)9-14/h4-7,9-11,16-17H,3,8,18H2,1-2H3. The number of benzene rings is 2. The molecule has 0 bridgehead atoms. The molecule has 0 aliphatic carbocycles. The van der Waals surface area contributed by atoms with Gasteiger partial charge < -0.3 is 15.2 Å². The third-order valence-corrected chi connectivity index (χ3v) is 4.12. The second-order valence-corrected chi connectivity index (χ2v) is 5.56. The molecule has 1 aliphatic rings. The van der Waals surface area contributed by atoms with Gasteiger partial charge in [-0.2, -0.15) is 0 Å². The fourth-order valence-electron chi connectivity index (χ4n) is 2.89. The molecule has 1 aliphatic heterocycles. The van der Waals surface area contributed by atoms with Crippen molar-refractivity contribution < 1.29 is 9.47 Å². The number of methoxy groups -OCH3 is 1. The van der Waals surface area contributed by atoms with Gasteiger partial charge in [-0.05, 0) is 54.3 Å². The quantitative estimate of drug-likeness (QED) is 0.930. The summed E-state index contributed by atoms with van der Waals surface area (Å²) in [6, 6.07) is 12.4. The molecule has 0 aromatic heterocycles. The second-order valence-electron chi connectivity index (χ2n) is 5.56. The first-order valence-corrected chi connectivity index (χ1v) is 7.16. The highest BCUT2D eigenvalue weighted by atomic mass is 16.5. The van der Waals surface area contributed by atoms with Crippen molar-refractivity contribution in [2.45, 2.75) is 38.0 Å². The SMILES string of the molecule is COc1ccc2cc(C(N)C3CCC(C)O3)ccc2c1. The summed E-state index contributed by atoms with van der Waals surface area (Å²) >= 11 is 0. The van der Waals surface area contributed by atoms with Crippen LogP contribution in [-0.2, 0) is 4.74 Å². The first-order chi connectivity index (χ1) is 9.67. The van der Waals surface area contributed by atoms with Crippen LogP contribution in [-0.4, -0.2) is 19.3 Å². The Hall–Kier alpha value is -1.58. The van der Waals surface area contributed by atoms with Crippen LogP contribution in [0.25, 0.3) is 10.8 Å².